The number of allylic oxidation sites excluding steroid dienone is 6. The van der Waals surface area contributed by atoms with Crippen LogP contribution in [0.1, 0.15) is 59.3 Å². The van der Waals surface area contributed by atoms with Gasteiger partial charge in [0, 0.05) is 21.9 Å². The number of aliphatic hydroxyl groups is 1. The Bertz CT molecular complexity index is 1140. The lowest BCUT2D eigenvalue weighted by Gasteiger charge is -2.60. The van der Waals surface area contributed by atoms with Gasteiger partial charge in [0.05, 0.1) is 17.5 Å². The van der Waals surface area contributed by atoms with Crippen molar-refractivity contribution in [2.75, 3.05) is 10.8 Å². The molecule has 0 aromatic heterocycles. The number of aliphatic hydroxyl groups excluding tert-OH is 1. The zero-order valence-electron chi connectivity index (χ0n) is 22.7. The Kier molecular flexibility index (Phi) is 7.70. The number of aliphatic imine (C=N–C) groups is 2. The fraction of sp³-hybridized carbons (Fsp3) is 0.562. The smallest absolute Gasteiger partial charge is 0.0754 e. The minimum absolute atomic E-state index is 0.0829. The van der Waals surface area contributed by atoms with E-state index in [1.54, 1.807) is 11.8 Å². The number of thioether (sulfide) groups is 2. The molecule has 0 spiro atoms. The maximum absolute atomic E-state index is 11.8. The molecule has 0 saturated heterocycles. The average Bonchev–Trinajstić information content (AvgIpc) is 3.21. The highest BCUT2D eigenvalue weighted by Gasteiger charge is 2.62. The highest BCUT2D eigenvalue weighted by molar-refractivity contribution is 8.17. The SMILES string of the molecule is C=C/C(SCSCC(=C)C1CCC2C3CCC4=CC5=NC=C5CC4(C)C3C(O)CC12C)=C(\C=C/C)N=C. The van der Waals surface area contributed by atoms with Gasteiger partial charge in [0.1, 0.15) is 0 Å². The Labute approximate surface area is 232 Å². The summed E-state index contributed by atoms with van der Waals surface area (Å²) >= 11 is 3.70. The lowest BCUT2D eigenvalue weighted by atomic mass is 9.45. The van der Waals surface area contributed by atoms with E-state index in [1.165, 1.54) is 41.7 Å². The molecule has 7 unspecified atom stereocenters. The number of nitrogens with zero attached hydrogens (tertiary/aromatic N) is 2. The first kappa shape index (κ1) is 27.0. The van der Waals surface area contributed by atoms with Crippen molar-refractivity contribution in [3.8, 4) is 0 Å². The van der Waals surface area contributed by atoms with Crippen molar-refractivity contribution in [1.29, 1.82) is 0 Å². The molecule has 7 atom stereocenters. The third kappa shape index (κ3) is 4.53. The summed E-state index contributed by atoms with van der Waals surface area (Å²) < 4.78 is 0. The number of hydrogen-bond donors (Lipinski definition) is 1. The Morgan fingerprint density at radius 1 is 1.30 bits per heavy atom. The number of hydrogen-bond acceptors (Lipinski definition) is 5. The Morgan fingerprint density at radius 3 is 2.78 bits per heavy atom. The van der Waals surface area contributed by atoms with E-state index < -0.39 is 0 Å². The van der Waals surface area contributed by atoms with E-state index in [9.17, 15) is 5.11 Å². The van der Waals surface area contributed by atoms with Crippen LogP contribution >= 0.6 is 23.5 Å². The molecule has 3 nitrogen and oxygen atoms in total. The molecule has 1 N–H and O–H groups in total. The second kappa shape index (κ2) is 10.5. The highest BCUT2D eigenvalue weighted by Crippen LogP contribution is 2.68. The molecule has 0 aromatic rings. The summed E-state index contributed by atoms with van der Waals surface area (Å²) in [6, 6.07) is 0. The normalized spacial score (nSPS) is 38.6. The number of fused-ring (bicyclic) bond motifs is 6. The fourth-order valence-corrected chi connectivity index (χ4v) is 10.7. The molecule has 1 aliphatic heterocycles. The van der Waals surface area contributed by atoms with Crippen LogP contribution < -0.4 is 0 Å². The second-order valence-electron chi connectivity index (χ2n) is 12.1. The topological polar surface area (TPSA) is 45.0 Å². The van der Waals surface area contributed by atoms with Gasteiger partial charge in [0.25, 0.3) is 0 Å². The molecule has 1 heterocycles. The monoisotopic (exact) mass is 534 g/mol. The molecular formula is C32H42N2OS2. The van der Waals surface area contributed by atoms with E-state index in [1.807, 2.05) is 43.1 Å². The zero-order chi connectivity index (χ0) is 26.4. The van der Waals surface area contributed by atoms with Crippen LogP contribution in [-0.4, -0.2) is 34.5 Å². The summed E-state index contributed by atoms with van der Waals surface area (Å²) in [5, 5.41) is 12.7. The van der Waals surface area contributed by atoms with Gasteiger partial charge in [-0.2, -0.15) is 0 Å². The van der Waals surface area contributed by atoms with Crippen LogP contribution in [0.2, 0.25) is 0 Å². The summed E-state index contributed by atoms with van der Waals surface area (Å²) in [5.74, 6) is 3.12. The fourth-order valence-electron chi connectivity index (χ4n) is 8.66. The lowest BCUT2D eigenvalue weighted by molar-refractivity contribution is -0.121. The van der Waals surface area contributed by atoms with Gasteiger partial charge in [0.15, 0.2) is 0 Å². The summed E-state index contributed by atoms with van der Waals surface area (Å²) in [7, 11) is 0. The molecule has 0 radical (unpaired) electrons. The maximum Gasteiger partial charge on any atom is 0.0754 e. The van der Waals surface area contributed by atoms with Gasteiger partial charge in [-0.1, -0.05) is 50.3 Å². The van der Waals surface area contributed by atoms with E-state index in [-0.39, 0.29) is 16.9 Å². The third-order valence-corrected chi connectivity index (χ3v) is 12.6. The molecule has 3 fully saturated rings. The molecule has 37 heavy (non-hydrogen) atoms. The maximum atomic E-state index is 11.8. The summed E-state index contributed by atoms with van der Waals surface area (Å²) in [6.07, 6.45) is 16.8. The Morgan fingerprint density at radius 2 is 2.11 bits per heavy atom. The van der Waals surface area contributed by atoms with Gasteiger partial charge in [-0.05, 0) is 104 Å². The highest BCUT2D eigenvalue weighted by atomic mass is 32.2. The van der Waals surface area contributed by atoms with Gasteiger partial charge < -0.3 is 5.11 Å². The van der Waals surface area contributed by atoms with Gasteiger partial charge in [-0.25, -0.2) is 0 Å². The minimum Gasteiger partial charge on any atom is -0.393 e. The van der Waals surface area contributed by atoms with Gasteiger partial charge in [-0.3, -0.25) is 9.98 Å². The van der Waals surface area contributed by atoms with Gasteiger partial charge >= 0.3 is 0 Å². The van der Waals surface area contributed by atoms with Crippen molar-refractivity contribution in [2.45, 2.75) is 65.4 Å². The first-order valence-corrected chi connectivity index (χ1v) is 15.9. The number of rotatable bonds is 9. The lowest BCUT2D eigenvalue weighted by Crippen LogP contribution is -2.57. The predicted molar refractivity (Wildman–Crippen MR) is 163 cm³/mol. The molecule has 3 saturated carbocycles. The van der Waals surface area contributed by atoms with Crippen LogP contribution in [0.4, 0.5) is 0 Å². The average molecular weight is 535 g/mol. The Hall–Kier alpha value is -1.56. The molecular weight excluding hydrogens is 492 g/mol. The van der Waals surface area contributed by atoms with Crippen molar-refractivity contribution in [2.24, 2.45) is 44.5 Å². The first-order chi connectivity index (χ1) is 17.8. The standard InChI is InChI=1S/C32H42N2OS2/c1-7-9-26(33-6)29(8-2)37-19-36-18-20(3)24-12-13-25-23-11-10-22-14-27-21(17-34-27)15-31(22,4)30(23)28(35)16-32(24,25)5/h7-9,14,17,23-25,28,30,35H,2-3,6,10-13,15-16,18-19H2,1,4-5H3/b9-7-,29-26-. The molecule has 5 rings (SSSR count). The van der Waals surface area contributed by atoms with Crippen LogP contribution in [0.3, 0.4) is 0 Å². The molecule has 0 aromatic carbocycles. The van der Waals surface area contributed by atoms with E-state index in [2.05, 4.69) is 49.8 Å². The van der Waals surface area contributed by atoms with Gasteiger partial charge in [-0.15, -0.1) is 23.5 Å². The van der Waals surface area contributed by atoms with Crippen molar-refractivity contribution in [3.05, 3.63) is 71.0 Å². The molecule has 0 amide bonds. The van der Waals surface area contributed by atoms with Gasteiger partial charge in [0.2, 0.25) is 0 Å². The van der Waals surface area contributed by atoms with Crippen LogP contribution in [0, 0.1) is 34.5 Å². The first-order valence-electron chi connectivity index (χ1n) is 13.8. The van der Waals surface area contributed by atoms with Crippen LogP contribution in [0.15, 0.2) is 81.0 Å². The van der Waals surface area contributed by atoms with Crippen molar-refractivity contribution >= 4 is 36.0 Å². The zero-order valence-corrected chi connectivity index (χ0v) is 24.3. The summed E-state index contributed by atoms with van der Waals surface area (Å²) in [5.41, 5.74) is 6.61. The molecule has 5 aliphatic rings. The molecule has 198 valence electrons. The van der Waals surface area contributed by atoms with Crippen LogP contribution in [0.25, 0.3) is 0 Å². The van der Waals surface area contributed by atoms with Crippen molar-refractivity contribution in [1.82, 2.24) is 0 Å². The van der Waals surface area contributed by atoms with Crippen molar-refractivity contribution in [3.63, 3.8) is 0 Å². The van der Waals surface area contributed by atoms with E-state index in [0.717, 1.165) is 40.7 Å². The molecule has 5 heteroatoms. The van der Waals surface area contributed by atoms with E-state index >= 15 is 0 Å². The summed E-state index contributed by atoms with van der Waals surface area (Å²) in [6.45, 7) is 19.2. The second-order valence-corrected chi connectivity index (χ2v) is 14.4. The third-order valence-electron chi connectivity index (χ3n) is 10.2. The Balaban J connectivity index is 1.25. The quantitative estimate of drug-likeness (QED) is 0.107. The van der Waals surface area contributed by atoms with Crippen LogP contribution in [-0.2, 0) is 0 Å². The molecule has 0 bridgehead atoms. The van der Waals surface area contributed by atoms with Crippen molar-refractivity contribution < 1.29 is 5.11 Å². The molecule has 4 aliphatic carbocycles. The predicted octanol–water partition coefficient (Wildman–Crippen LogP) is 8.14. The summed E-state index contributed by atoms with van der Waals surface area (Å²) in [4.78, 5) is 9.70. The van der Waals surface area contributed by atoms with E-state index in [4.69, 9.17) is 0 Å². The van der Waals surface area contributed by atoms with E-state index in [0.29, 0.717) is 23.7 Å². The van der Waals surface area contributed by atoms with Crippen LogP contribution in [0.5, 0.6) is 0 Å². The minimum atomic E-state index is -0.243. The largest absolute Gasteiger partial charge is 0.393 e.